The molecule has 3 aromatic carbocycles. The van der Waals surface area contributed by atoms with Crippen LogP contribution in [0.1, 0.15) is 48.6 Å². The van der Waals surface area contributed by atoms with Gasteiger partial charge in [0.2, 0.25) is 5.91 Å². The number of benzene rings is 3. The highest BCUT2D eigenvalue weighted by atomic mass is 32.2. The van der Waals surface area contributed by atoms with E-state index in [2.05, 4.69) is 42.2 Å². The lowest BCUT2D eigenvalue weighted by atomic mass is 10.0. The Morgan fingerprint density at radius 1 is 0.974 bits per heavy atom. The van der Waals surface area contributed by atoms with Crippen LogP contribution in [0, 0.1) is 5.82 Å². The van der Waals surface area contributed by atoms with Gasteiger partial charge in [0.1, 0.15) is 5.82 Å². The van der Waals surface area contributed by atoms with Gasteiger partial charge >= 0.3 is 0 Å². The minimum Gasteiger partial charge on any atom is -0.340 e. The van der Waals surface area contributed by atoms with Crippen LogP contribution in [0.3, 0.4) is 0 Å². The van der Waals surface area contributed by atoms with Gasteiger partial charge in [0, 0.05) is 54.2 Å². The molecule has 0 bridgehead atoms. The zero-order valence-corrected chi connectivity index (χ0v) is 22.9. The molecule has 6 heteroatoms. The highest BCUT2D eigenvalue weighted by Crippen LogP contribution is 2.44. The smallest absolute Gasteiger partial charge is 0.227 e. The highest BCUT2D eigenvalue weighted by molar-refractivity contribution is 7.84. The van der Waals surface area contributed by atoms with Crippen molar-refractivity contribution in [2.45, 2.75) is 31.2 Å². The minimum atomic E-state index is -1.03. The summed E-state index contributed by atoms with van der Waals surface area (Å²) in [6.07, 6.45) is 3.98. The molecule has 1 heterocycles. The van der Waals surface area contributed by atoms with Gasteiger partial charge in [0.25, 0.3) is 0 Å². The van der Waals surface area contributed by atoms with Gasteiger partial charge in [0.05, 0.1) is 6.42 Å². The van der Waals surface area contributed by atoms with E-state index in [-0.39, 0.29) is 18.1 Å². The third kappa shape index (κ3) is 5.42. The summed E-state index contributed by atoms with van der Waals surface area (Å²) in [5.41, 5.74) is 6.88. The normalized spacial score (nSPS) is 18.5. The van der Waals surface area contributed by atoms with Crippen LogP contribution < -0.4 is 0 Å². The highest BCUT2D eigenvalue weighted by Gasteiger charge is 2.29. The summed E-state index contributed by atoms with van der Waals surface area (Å²) in [7, 11) is -1.03. The number of amides is 1. The van der Waals surface area contributed by atoms with Gasteiger partial charge in [-0.1, -0.05) is 48.5 Å². The largest absolute Gasteiger partial charge is 0.340 e. The third-order valence-electron chi connectivity index (χ3n) is 7.80. The number of hydrogen-bond acceptors (Lipinski definition) is 3. The van der Waals surface area contributed by atoms with Crippen molar-refractivity contribution in [3.8, 4) is 0 Å². The molecule has 0 radical (unpaired) electrons. The van der Waals surface area contributed by atoms with Crippen molar-refractivity contribution in [2.75, 3.05) is 32.4 Å². The lowest BCUT2D eigenvalue weighted by Gasteiger charge is -2.38. The summed E-state index contributed by atoms with van der Waals surface area (Å²) in [6, 6.07) is 23.2. The molecule has 38 heavy (non-hydrogen) atoms. The molecule has 1 saturated heterocycles. The molecule has 2 atom stereocenters. The Labute approximate surface area is 226 Å². The lowest BCUT2D eigenvalue weighted by molar-refractivity contribution is -0.132. The zero-order chi connectivity index (χ0) is 26.8. The molecule has 0 aromatic heterocycles. The summed E-state index contributed by atoms with van der Waals surface area (Å²) in [5, 5.41) is 0. The van der Waals surface area contributed by atoms with E-state index in [4.69, 9.17) is 0 Å². The van der Waals surface area contributed by atoms with Crippen LogP contribution in [0.15, 0.2) is 83.3 Å². The quantitative estimate of drug-likeness (QED) is 0.383. The molecular weight excluding hydrogens is 495 g/mol. The molecule has 5 rings (SSSR count). The fraction of sp³-hybridized carbons (Fsp3) is 0.281. The Hall–Kier alpha value is -3.35. The molecule has 0 spiro atoms. The molecule has 1 aliphatic carbocycles. The van der Waals surface area contributed by atoms with Gasteiger partial charge < -0.3 is 4.90 Å². The van der Waals surface area contributed by atoms with Crippen molar-refractivity contribution in [1.82, 2.24) is 9.80 Å². The first-order chi connectivity index (χ1) is 18.3. The van der Waals surface area contributed by atoms with Crippen LogP contribution in [0.25, 0.3) is 17.2 Å². The topological polar surface area (TPSA) is 40.6 Å². The van der Waals surface area contributed by atoms with Crippen molar-refractivity contribution in [2.24, 2.45) is 0 Å². The van der Waals surface area contributed by atoms with Gasteiger partial charge in [-0.3, -0.25) is 13.9 Å². The first-order valence-corrected chi connectivity index (χ1v) is 14.6. The number of rotatable bonds is 6. The summed E-state index contributed by atoms with van der Waals surface area (Å²) in [4.78, 5) is 18.6. The van der Waals surface area contributed by atoms with Gasteiger partial charge in [-0.2, -0.15) is 0 Å². The number of nitrogens with zero attached hydrogens (tertiary/aromatic N) is 2. The predicted octanol–water partition coefficient (Wildman–Crippen LogP) is 6.19. The van der Waals surface area contributed by atoms with E-state index in [0.717, 1.165) is 51.4 Å². The molecule has 1 amide bonds. The number of halogens is 1. The number of carbonyl (C=O) groups is 1. The second-order valence-electron chi connectivity index (χ2n) is 10.1. The van der Waals surface area contributed by atoms with Crippen molar-refractivity contribution >= 4 is 33.9 Å². The number of carbonyl (C=O) groups excluding carboxylic acids is 1. The number of fused-ring (bicyclic) bond motifs is 1. The Balaban J connectivity index is 1.34. The fourth-order valence-corrected chi connectivity index (χ4v) is 5.99. The second kappa shape index (κ2) is 11.2. The van der Waals surface area contributed by atoms with Crippen LogP contribution in [-0.4, -0.2) is 52.4 Å². The van der Waals surface area contributed by atoms with E-state index in [9.17, 15) is 13.4 Å². The molecule has 2 aliphatic rings. The van der Waals surface area contributed by atoms with Gasteiger partial charge in [0.15, 0.2) is 0 Å². The summed E-state index contributed by atoms with van der Waals surface area (Å²) < 4.78 is 26.1. The minimum absolute atomic E-state index is 0.0811. The van der Waals surface area contributed by atoms with Crippen LogP contribution in [-0.2, 0) is 15.6 Å². The Bertz CT molecular complexity index is 1420. The molecule has 1 aliphatic heterocycles. The molecule has 196 valence electrons. The molecule has 0 N–H and O–H groups in total. The Morgan fingerprint density at radius 2 is 1.66 bits per heavy atom. The first kappa shape index (κ1) is 26.3. The SMILES string of the molecule is CC1=C(CC(=O)N2CCN(C(C)c3ccccc3)CC2)c2cc(F)ccc2/C1=C\c1ccc(S(C)=O)cc1. The Kier molecular flexibility index (Phi) is 7.73. The second-order valence-corrected chi connectivity index (χ2v) is 11.4. The van der Waals surface area contributed by atoms with Crippen molar-refractivity contribution in [3.63, 3.8) is 0 Å². The lowest BCUT2D eigenvalue weighted by Crippen LogP contribution is -2.49. The number of hydrogen-bond donors (Lipinski definition) is 0. The van der Waals surface area contributed by atoms with Crippen LogP contribution in [0.4, 0.5) is 4.39 Å². The maximum Gasteiger partial charge on any atom is 0.227 e. The molecule has 1 fully saturated rings. The number of piperazine rings is 1. The van der Waals surface area contributed by atoms with Gasteiger partial charge in [-0.25, -0.2) is 4.39 Å². The molecule has 4 nitrogen and oxygen atoms in total. The summed E-state index contributed by atoms with van der Waals surface area (Å²) in [5.74, 6) is -0.223. The van der Waals surface area contributed by atoms with Gasteiger partial charge in [-0.15, -0.1) is 0 Å². The summed E-state index contributed by atoms with van der Waals surface area (Å²) in [6.45, 7) is 7.26. The summed E-state index contributed by atoms with van der Waals surface area (Å²) >= 11 is 0. The standard InChI is InChI=1S/C32H33FN2O2S/c1-22-29(19-24-9-12-27(13-10-24)38(3)37)28-14-11-26(33)20-31(28)30(22)21-32(36)35-17-15-34(16-18-35)23(2)25-7-5-4-6-8-25/h4-14,19-20,23H,15-18,21H2,1-3H3/b29-19-. The van der Waals surface area contributed by atoms with Crippen LogP contribution >= 0.6 is 0 Å². The van der Waals surface area contributed by atoms with E-state index in [1.54, 1.807) is 18.4 Å². The van der Waals surface area contributed by atoms with E-state index in [1.807, 2.05) is 42.2 Å². The third-order valence-corrected chi connectivity index (χ3v) is 8.74. The van der Waals surface area contributed by atoms with E-state index in [1.165, 1.54) is 11.6 Å². The van der Waals surface area contributed by atoms with Crippen LogP contribution in [0.5, 0.6) is 0 Å². The molecular formula is C32H33FN2O2S. The maximum absolute atomic E-state index is 14.3. The van der Waals surface area contributed by atoms with Crippen molar-refractivity contribution < 1.29 is 13.4 Å². The average Bonchev–Trinajstić information content (AvgIpc) is 3.18. The van der Waals surface area contributed by atoms with E-state index >= 15 is 0 Å². The van der Waals surface area contributed by atoms with Crippen molar-refractivity contribution in [3.05, 3.63) is 106 Å². The van der Waals surface area contributed by atoms with Crippen LogP contribution in [0.2, 0.25) is 0 Å². The van der Waals surface area contributed by atoms with E-state index in [0.29, 0.717) is 19.1 Å². The predicted molar refractivity (Wildman–Crippen MR) is 153 cm³/mol. The van der Waals surface area contributed by atoms with E-state index < -0.39 is 10.8 Å². The Morgan fingerprint density at radius 3 is 2.32 bits per heavy atom. The van der Waals surface area contributed by atoms with Crippen molar-refractivity contribution in [1.29, 1.82) is 0 Å². The first-order valence-electron chi connectivity index (χ1n) is 13.0. The zero-order valence-electron chi connectivity index (χ0n) is 22.1. The molecule has 0 saturated carbocycles. The molecule has 3 aromatic rings. The number of allylic oxidation sites excluding steroid dienone is 2. The van der Waals surface area contributed by atoms with Gasteiger partial charge in [-0.05, 0) is 83.2 Å². The monoisotopic (exact) mass is 528 g/mol. The maximum atomic E-state index is 14.3. The average molecular weight is 529 g/mol. The fourth-order valence-electron chi connectivity index (χ4n) is 5.47. The molecule has 2 unspecified atom stereocenters.